The number of rotatable bonds is 5. The second kappa shape index (κ2) is 8.14. The average molecular weight is 295 g/mol. The highest BCUT2D eigenvalue weighted by Crippen LogP contribution is 2.29. The van der Waals surface area contributed by atoms with E-state index in [1.54, 1.807) is 0 Å². The molecule has 1 amide bonds. The van der Waals surface area contributed by atoms with E-state index in [0.29, 0.717) is 12.0 Å². The van der Waals surface area contributed by atoms with Crippen molar-refractivity contribution in [1.82, 2.24) is 10.2 Å². The number of likely N-dealkylation sites (tertiary alicyclic amines) is 1. The largest absolute Gasteiger partial charge is 0.356 e. The number of carbonyl (C=O) groups is 1. The Labute approximate surface area is 129 Å². The fraction of sp³-hybridized carbons (Fsp3) is 0.941. The first-order chi connectivity index (χ1) is 10.1. The lowest BCUT2D eigenvalue weighted by molar-refractivity contribution is -0.127. The summed E-state index contributed by atoms with van der Waals surface area (Å²) in [6.45, 7) is 7.59. The van der Waals surface area contributed by atoms with E-state index < -0.39 is 0 Å². The molecule has 0 aromatic carbocycles. The smallest absolute Gasteiger partial charge is 0.223 e. The molecule has 0 aromatic heterocycles. The Morgan fingerprint density at radius 1 is 1.19 bits per heavy atom. The van der Waals surface area contributed by atoms with Crippen molar-refractivity contribution in [2.45, 2.75) is 70.9 Å². The van der Waals surface area contributed by atoms with Crippen LogP contribution in [0.5, 0.6) is 0 Å². The van der Waals surface area contributed by atoms with E-state index in [0.717, 1.165) is 38.8 Å². The Morgan fingerprint density at radius 2 is 2.00 bits per heavy atom. The molecule has 4 nitrogen and oxygen atoms in total. The van der Waals surface area contributed by atoms with Crippen molar-refractivity contribution < 1.29 is 4.79 Å². The number of amides is 1. The van der Waals surface area contributed by atoms with Gasteiger partial charge in [-0.1, -0.05) is 19.8 Å². The summed E-state index contributed by atoms with van der Waals surface area (Å²) in [4.78, 5) is 14.9. The SMILES string of the molecule is CC1C(N)CCCC1C(=O)NCCCN1CCCCC1C. The van der Waals surface area contributed by atoms with Crippen LogP contribution in [0.4, 0.5) is 0 Å². The Balaban J connectivity index is 1.64. The maximum Gasteiger partial charge on any atom is 0.223 e. The summed E-state index contributed by atoms with van der Waals surface area (Å²) in [6.07, 6.45) is 8.24. The lowest BCUT2D eigenvalue weighted by atomic mass is 9.77. The predicted octanol–water partition coefficient (Wildman–Crippen LogP) is 2.13. The lowest BCUT2D eigenvalue weighted by Gasteiger charge is -2.34. The summed E-state index contributed by atoms with van der Waals surface area (Å²) in [6, 6.07) is 0.912. The molecule has 0 radical (unpaired) electrons. The van der Waals surface area contributed by atoms with Crippen molar-refractivity contribution in [3.05, 3.63) is 0 Å². The van der Waals surface area contributed by atoms with Gasteiger partial charge in [-0.15, -0.1) is 0 Å². The second-order valence-electron chi connectivity index (χ2n) is 7.09. The van der Waals surface area contributed by atoms with Crippen LogP contribution in [0.3, 0.4) is 0 Å². The molecule has 1 aliphatic heterocycles. The van der Waals surface area contributed by atoms with Crippen LogP contribution < -0.4 is 11.1 Å². The minimum absolute atomic E-state index is 0.127. The molecule has 1 saturated carbocycles. The molecule has 2 aliphatic rings. The number of nitrogens with two attached hydrogens (primary N) is 1. The molecule has 0 bridgehead atoms. The molecule has 4 unspecified atom stereocenters. The summed E-state index contributed by atoms with van der Waals surface area (Å²) < 4.78 is 0. The van der Waals surface area contributed by atoms with Gasteiger partial charge in [0.25, 0.3) is 0 Å². The Hall–Kier alpha value is -0.610. The molecule has 21 heavy (non-hydrogen) atoms. The molecular formula is C17H33N3O. The molecule has 1 aliphatic carbocycles. The first kappa shape index (κ1) is 16.8. The Kier molecular flexibility index (Phi) is 6.49. The highest BCUT2D eigenvalue weighted by molar-refractivity contribution is 5.79. The third kappa shape index (κ3) is 4.68. The van der Waals surface area contributed by atoms with Crippen molar-refractivity contribution in [3.8, 4) is 0 Å². The summed E-state index contributed by atoms with van der Waals surface area (Å²) in [5, 5.41) is 3.14. The van der Waals surface area contributed by atoms with Crippen molar-refractivity contribution in [1.29, 1.82) is 0 Å². The van der Waals surface area contributed by atoms with E-state index >= 15 is 0 Å². The predicted molar refractivity (Wildman–Crippen MR) is 87.0 cm³/mol. The van der Waals surface area contributed by atoms with Gasteiger partial charge in [-0.25, -0.2) is 0 Å². The molecule has 1 heterocycles. The fourth-order valence-electron chi connectivity index (χ4n) is 3.88. The number of nitrogens with zero attached hydrogens (tertiary/aromatic N) is 1. The maximum absolute atomic E-state index is 12.3. The normalized spacial score (nSPS) is 34.6. The van der Waals surface area contributed by atoms with E-state index in [2.05, 4.69) is 24.1 Å². The molecule has 4 heteroatoms. The van der Waals surface area contributed by atoms with Crippen LogP contribution in [-0.2, 0) is 4.79 Å². The number of piperidine rings is 1. The highest BCUT2D eigenvalue weighted by atomic mass is 16.1. The van der Waals surface area contributed by atoms with Gasteiger partial charge < -0.3 is 16.0 Å². The minimum atomic E-state index is 0.127. The van der Waals surface area contributed by atoms with Crippen molar-refractivity contribution in [3.63, 3.8) is 0 Å². The van der Waals surface area contributed by atoms with Crippen LogP contribution in [-0.4, -0.2) is 42.5 Å². The van der Waals surface area contributed by atoms with Gasteiger partial charge >= 0.3 is 0 Å². The standard InChI is InChI=1S/C17H33N3O/c1-13-7-3-4-11-20(13)12-6-10-19-17(21)15-8-5-9-16(18)14(15)2/h13-16H,3-12,18H2,1-2H3,(H,19,21). The van der Waals surface area contributed by atoms with E-state index in [9.17, 15) is 4.79 Å². The maximum atomic E-state index is 12.3. The van der Waals surface area contributed by atoms with E-state index in [1.807, 2.05) is 0 Å². The molecule has 2 fully saturated rings. The Morgan fingerprint density at radius 3 is 2.76 bits per heavy atom. The van der Waals surface area contributed by atoms with Gasteiger partial charge in [0.15, 0.2) is 0 Å². The molecule has 1 saturated heterocycles. The van der Waals surface area contributed by atoms with Crippen LogP contribution in [0.1, 0.15) is 58.8 Å². The lowest BCUT2D eigenvalue weighted by Crippen LogP contribution is -2.45. The van der Waals surface area contributed by atoms with Crippen LogP contribution in [0, 0.1) is 11.8 Å². The van der Waals surface area contributed by atoms with Crippen LogP contribution in [0.25, 0.3) is 0 Å². The van der Waals surface area contributed by atoms with Crippen LogP contribution in [0.2, 0.25) is 0 Å². The zero-order valence-corrected chi connectivity index (χ0v) is 13.8. The molecule has 0 aromatic rings. The van der Waals surface area contributed by atoms with Gasteiger partial charge in [0.05, 0.1) is 0 Å². The summed E-state index contributed by atoms with van der Waals surface area (Å²) >= 11 is 0. The number of hydrogen-bond acceptors (Lipinski definition) is 3. The van der Waals surface area contributed by atoms with Gasteiger partial charge in [-0.2, -0.15) is 0 Å². The molecule has 2 rings (SSSR count). The van der Waals surface area contributed by atoms with E-state index in [1.165, 1.54) is 25.8 Å². The molecule has 0 spiro atoms. The zero-order valence-electron chi connectivity index (χ0n) is 13.8. The third-order valence-electron chi connectivity index (χ3n) is 5.56. The topological polar surface area (TPSA) is 58.4 Å². The summed E-state index contributed by atoms with van der Waals surface area (Å²) in [7, 11) is 0. The second-order valence-corrected chi connectivity index (χ2v) is 7.09. The van der Waals surface area contributed by atoms with E-state index in [-0.39, 0.29) is 17.9 Å². The van der Waals surface area contributed by atoms with Crippen LogP contribution in [0.15, 0.2) is 0 Å². The van der Waals surface area contributed by atoms with Gasteiger partial charge in [0, 0.05) is 31.1 Å². The monoisotopic (exact) mass is 295 g/mol. The van der Waals surface area contributed by atoms with Gasteiger partial charge in [0.1, 0.15) is 0 Å². The third-order valence-corrected chi connectivity index (χ3v) is 5.56. The van der Waals surface area contributed by atoms with E-state index in [4.69, 9.17) is 5.73 Å². The summed E-state index contributed by atoms with van der Waals surface area (Å²) in [5.74, 6) is 0.674. The van der Waals surface area contributed by atoms with Crippen LogP contribution >= 0.6 is 0 Å². The average Bonchev–Trinajstić information content (AvgIpc) is 2.48. The van der Waals surface area contributed by atoms with Gasteiger partial charge in [-0.3, -0.25) is 4.79 Å². The first-order valence-corrected chi connectivity index (χ1v) is 8.87. The minimum Gasteiger partial charge on any atom is -0.356 e. The van der Waals surface area contributed by atoms with Crippen molar-refractivity contribution in [2.75, 3.05) is 19.6 Å². The van der Waals surface area contributed by atoms with Crippen molar-refractivity contribution >= 4 is 5.91 Å². The number of nitrogens with one attached hydrogen (secondary N) is 1. The zero-order chi connectivity index (χ0) is 15.2. The number of carbonyl (C=O) groups excluding carboxylic acids is 1. The van der Waals surface area contributed by atoms with Gasteiger partial charge in [0.2, 0.25) is 5.91 Å². The molecule has 3 N–H and O–H groups in total. The first-order valence-electron chi connectivity index (χ1n) is 8.87. The molecular weight excluding hydrogens is 262 g/mol. The quantitative estimate of drug-likeness (QED) is 0.764. The summed E-state index contributed by atoms with van der Waals surface area (Å²) in [5.41, 5.74) is 6.09. The van der Waals surface area contributed by atoms with Crippen molar-refractivity contribution in [2.24, 2.45) is 17.6 Å². The number of hydrogen-bond donors (Lipinski definition) is 2. The molecule has 122 valence electrons. The van der Waals surface area contributed by atoms with Gasteiger partial charge in [-0.05, 0) is 51.5 Å². The highest BCUT2D eigenvalue weighted by Gasteiger charge is 2.32. The fourth-order valence-corrected chi connectivity index (χ4v) is 3.88. The molecule has 4 atom stereocenters. The Bertz CT molecular complexity index is 334.